The predicted molar refractivity (Wildman–Crippen MR) is 86.8 cm³/mol. The SMILES string of the molecule is COc1ccccc1OCC(=O)N1C2CCC1c1cncnc1C2. The number of rotatable bonds is 4. The molecule has 3 heterocycles. The lowest BCUT2D eigenvalue weighted by molar-refractivity contribution is -0.137. The molecule has 1 saturated heterocycles. The molecule has 2 aliphatic rings. The molecule has 0 saturated carbocycles. The van der Waals surface area contributed by atoms with Crippen molar-refractivity contribution in [3.05, 3.63) is 48.0 Å². The van der Waals surface area contributed by atoms with E-state index in [1.165, 1.54) is 0 Å². The van der Waals surface area contributed by atoms with Gasteiger partial charge in [-0.25, -0.2) is 9.97 Å². The van der Waals surface area contributed by atoms with E-state index in [1.807, 2.05) is 29.3 Å². The third kappa shape index (κ3) is 2.48. The fourth-order valence-electron chi connectivity index (χ4n) is 3.76. The zero-order valence-corrected chi connectivity index (χ0v) is 13.5. The molecule has 1 aromatic heterocycles. The minimum Gasteiger partial charge on any atom is -0.493 e. The molecule has 1 aromatic carbocycles. The van der Waals surface area contributed by atoms with Crippen molar-refractivity contribution < 1.29 is 14.3 Å². The standard InChI is InChI=1S/C18H19N3O3/c1-23-16-4-2-3-5-17(16)24-10-18(22)21-12-6-7-15(21)13-9-19-11-20-14(13)8-12/h2-5,9,11-12,15H,6-8,10H2,1H3. The Morgan fingerprint density at radius 2 is 2.12 bits per heavy atom. The highest BCUT2D eigenvalue weighted by atomic mass is 16.5. The Kier molecular flexibility index (Phi) is 3.80. The molecule has 1 fully saturated rings. The van der Waals surface area contributed by atoms with Crippen LogP contribution >= 0.6 is 0 Å². The molecule has 2 bridgehead atoms. The molecule has 0 spiro atoms. The average Bonchev–Trinajstić information content (AvgIpc) is 2.95. The molecule has 2 atom stereocenters. The van der Waals surface area contributed by atoms with Crippen molar-refractivity contribution in [2.24, 2.45) is 0 Å². The summed E-state index contributed by atoms with van der Waals surface area (Å²) in [6.07, 6.45) is 6.19. The van der Waals surface area contributed by atoms with Gasteiger partial charge in [-0.15, -0.1) is 0 Å². The lowest BCUT2D eigenvalue weighted by Gasteiger charge is -2.35. The smallest absolute Gasteiger partial charge is 0.261 e. The number of benzene rings is 1. The first kappa shape index (κ1) is 14.9. The average molecular weight is 325 g/mol. The highest BCUT2D eigenvalue weighted by Crippen LogP contribution is 2.42. The Hall–Kier alpha value is -2.63. The summed E-state index contributed by atoms with van der Waals surface area (Å²) < 4.78 is 11.0. The summed E-state index contributed by atoms with van der Waals surface area (Å²) in [5, 5.41) is 0. The number of amides is 1. The van der Waals surface area contributed by atoms with E-state index in [0.29, 0.717) is 11.5 Å². The molecule has 4 rings (SSSR count). The number of hydrogen-bond donors (Lipinski definition) is 0. The van der Waals surface area contributed by atoms with Crippen molar-refractivity contribution in [1.29, 1.82) is 0 Å². The number of carbonyl (C=O) groups excluding carboxylic acids is 1. The Bertz CT molecular complexity index is 765. The lowest BCUT2D eigenvalue weighted by atomic mass is 9.99. The number of methoxy groups -OCH3 is 1. The van der Waals surface area contributed by atoms with E-state index in [1.54, 1.807) is 19.5 Å². The molecule has 24 heavy (non-hydrogen) atoms. The van der Waals surface area contributed by atoms with Gasteiger partial charge in [-0.2, -0.15) is 0 Å². The highest BCUT2D eigenvalue weighted by molar-refractivity contribution is 5.79. The fourth-order valence-corrected chi connectivity index (χ4v) is 3.76. The minimum absolute atomic E-state index is 0.00269. The second-order valence-corrected chi connectivity index (χ2v) is 6.12. The van der Waals surface area contributed by atoms with Gasteiger partial charge in [0, 0.05) is 24.2 Å². The van der Waals surface area contributed by atoms with E-state index in [4.69, 9.17) is 9.47 Å². The number of fused-ring (bicyclic) bond motifs is 4. The van der Waals surface area contributed by atoms with Crippen molar-refractivity contribution in [3.63, 3.8) is 0 Å². The maximum absolute atomic E-state index is 12.8. The summed E-state index contributed by atoms with van der Waals surface area (Å²) in [6.45, 7) is 0.0103. The molecule has 2 aliphatic heterocycles. The number of carbonyl (C=O) groups is 1. The van der Waals surface area contributed by atoms with Gasteiger partial charge in [0.2, 0.25) is 0 Å². The largest absolute Gasteiger partial charge is 0.493 e. The van der Waals surface area contributed by atoms with Gasteiger partial charge >= 0.3 is 0 Å². The van der Waals surface area contributed by atoms with E-state index in [-0.39, 0.29) is 24.6 Å². The molecular formula is C18H19N3O3. The first-order valence-electron chi connectivity index (χ1n) is 8.13. The fraction of sp³-hybridized carbons (Fsp3) is 0.389. The van der Waals surface area contributed by atoms with Gasteiger partial charge in [0.15, 0.2) is 18.1 Å². The van der Waals surface area contributed by atoms with Crippen LogP contribution in [-0.2, 0) is 11.2 Å². The zero-order valence-electron chi connectivity index (χ0n) is 13.5. The summed E-state index contributed by atoms with van der Waals surface area (Å²) in [5.41, 5.74) is 2.16. The maximum Gasteiger partial charge on any atom is 0.261 e. The predicted octanol–water partition coefficient (Wildman–Crippen LogP) is 2.15. The molecule has 2 aromatic rings. The maximum atomic E-state index is 12.8. The van der Waals surface area contributed by atoms with E-state index in [9.17, 15) is 4.79 Å². The quantitative estimate of drug-likeness (QED) is 0.862. The summed E-state index contributed by atoms with van der Waals surface area (Å²) in [6, 6.07) is 7.65. The lowest BCUT2D eigenvalue weighted by Crippen LogP contribution is -2.44. The van der Waals surface area contributed by atoms with Gasteiger partial charge in [0.25, 0.3) is 5.91 Å². The van der Waals surface area contributed by atoms with Crippen LogP contribution < -0.4 is 9.47 Å². The molecule has 2 unspecified atom stereocenters. The van der Waals surface area contributed by atoms with Crippen LogP contribution in [0.25, 0.3) is 0 Å². The molecule has 124 valence electrons. The monoisotopic (exact) mass is 325 g/mol. The van der Waals surface area contributed by atoms with Gasteiger partial charge < -0.3 is 14.4 Å². The van der Waals surface area contributed by atoms with Crippen LogP contribution in [0.15, 0.2) is 36.8 Å². The first-order valence-corrected chi connectivity index (χ1v) is 8.13. The Morgan fingerprint density at radius 3 is 2.96 bits per heavy atom. The topological polar surface area (TPSA) is 64.6 Å². The van der Waals surface area contributed by atoms with Crippen molar-refractivity contribution >= 4 is 5.91 Å². The number of hydrogen-bond acceptors (Lipinski definition) is 5. The normalized spacial score (nSPS) is 21.3. The highest BCUT2D eigenvalue weighted by Gasteiger charge is 2.43. The van der Waals surface area contributed by atoms with Crippen molar-refractivity contribution in [1.82, 2.24) is 14.9 Å². The van der Waals surface area contributed by atoms with Gasteiger partial charge in [-0.1, -0.05) is 12.1 Å². The number of ether oxygens (including phenoxy) is 2. The zero-order chi connectivity index (χ0) is 16.5. The van der Waals surface area contributed by atoms with E-state index in [2.05, 4.69) is 9.97 Å². The van der Waals surface area contributed by atoms with Gasteiger partial charge in [-0.3, -0.25) is 4.79 Å². The Morgan fingerprint density at radius 1 is 1.29 bits per heavy atom. The van der Waals surface area contributed by atoms with Crippen molar-refractivity contribution in [3.8, 4) is 11.5 Å². The molecule has 6 nitrogen and oxygen atoms in total. The summed E-state index contributed by atoms with van der Waals surface area (Å²) in [4.78, 5) is 23.2. The Balaban J connectivity index is 1.50. The van der Waals surface area contributed by atoms with Crippen LogP contribution in [0.3, 0.4) is 0 Å². The van der Waals surface area contributed by atoms with Crippen molar-refractivity contribution in [2.75, 3.05) is 13.7 Å². The molecule has 6 heteroatoms. The van der Waals surface area contributed by atoms with Crippen LogP contribution in [0, 0.1) is 0 Å². The second kappa shape index (κ2) is 6.11. The summed E-state index contributed by atoms with van der Waals surface area (Å²) in [7, 11) is 1.59. The van der Waals surface area contributed by atoms with E-state index in [0.717, 1.165) is 30.5 Å². The van der Waals surface area contributed by atoms with E-state index >= 15 is 0 Å². The van der Waals surface area contributed by atoms with Crippen molar-refractivity contribution in [2.45, 2.75) is 31.3 Å². The second-order valence-electron chi connectivity index (χ2n) is 6.12. The number of nitrogens with zero attached hydrogens (tertiary/aromatic N) is 3. The summed E-state index contributed by atoms with van der Waals surface area (Å²) in [5.74, 6) is 1.22. The molecule has 0 radical (unpaired) electrons. The molecule has 0 aliphatic carbocycles. The Labute approximate surface area is 140 Å². The van der Waals surface area contributed by atoms with Crippen LogP contribution in [-0.4, -0.2) is 40.5 Å². The molecule has 0 N–H and O–H groups in total. The third-order valence-electron chi connectivity index (χ3n) is 4.83. The number of para-hydroxylation sites is 2. The molecule has 1 amide bonds. The van der Waals surface area contributed by atoms with Crippen LogP contribution in [0.1, 0.15) is 30.1 Å². The van der Waals surface area contributed by atoms with Gasteiger partial charge in [-0.05, 0) is 25.0 Å². The molecular weight excluding hydrogens is 306 g/mol. The van der Waals surface area contributed by atoms with Gasteiger partial charge in [0.1, 0.15) is 6.33 Å². The minimum atomic E-state index is 0.00269. The third-order valence-corrected chi connectivity index (χ3v) is 4.83. The number of aromatic nitrogens is 2. The van der Waals surface area contributed by atoms with Gasteiger partial charge in [0.05, 0.1) is 18.8 Å². The van der Waals surface area contributed by atoms with Crippen LogP contribution in [0.5, 0.6) is 11.5 Å². The van der Waals surface area contributed by atoms with Crippen LogP contribution in [0.2, 0.25) is 0 Å². The van der Waals surface area contributed by atoms with E-state index < -0.39 is 0 Å². The summed E-state index contributed by atoms with van der Waals surface area (Å²) >= 11 is 0. The van der Waals surface area contributed by atoms with Crippen LogP contribution in [0.4, 0.5) is 0 Å². The first-order chi connectivity index (χ1) is 11.8.